The van der Waals surface area contributed by atoms with Crippen molar-refractivity contribution < 1.29 is 52.7 Å². The quantitative estimate of drug-likeness (QED) is 0.210. The molecule has 4 heterocycles. The number of likely N-dealkylation sites (tertiary alicyclic amines) is 1. The third-order valence-corrected chi connectivity index (χ3v) is 14.4. The molecule has 15 atom stereocenters. The number of esters is 1. The average molecular weight is 885 g/mol. The minimum Gasteiger partial charge on any atom is -0.458 e. The van der Waals surface area contributed by atoms with Crippen molar-refractivity contribution >= 4 is 47.1 Å². The second kappa shape index (κ2) is 18.6. The average Bonchev–Trinajstić information content (AvgIpc) is 3.69. The van der Waals surface area contributed by atoms with Crippen molar-refractivity contribution in [2.75, 3.05) is 27.7 Å². The summed E-state index contributed by atoms with van der Waals surface area (Å²) in [4.78, 5) is 60.3. The number of carbonyl (C=O) groups excluding carboxylic acids is 4. The van der Waals surface area contributed by atoms with Crippen molar-refractivity contribution in [1.82, 2.24) is 15.1 Å². The number of fused-ring (bicyclic) bond motifs is 1. The number of nitrogens with one attached hydrogen (secondary N) is 1. The van der Waals surface area contributed by atoms with Gasteiger partial charge in [0.25, 0.3) is 0 Å². The summed E-state index contributed by atoms with van der Waals surface area (Å²) in [6, 6.07) is 3.70. The molecule has 5 rings (SSSR count). The SMILES string of the molecule is CC[C@H]1OC(=O)[C@H](C)[C@@H](OC(=O)N2CC(C)(C)C[C@@H]2c2ccc(Cl)c(Cl)c2)[C@H](C)[C@@H](O[C@@H]2O[C@H](C)C[C@H](N(C)C)[C@H]2O)[C@](C)(OC)C[C@@H](C)C(=O)[C@H](C)[C@H]2NC(=O)O[C@@]21C. The number of carbonyl (C=O) groups is 4. The Bertz CT molecular complexity index is 1750. The molecule has 0 aliphatic carbocycles. The number of ether oxygens (including phenoxy) is 6. The Labute approximate surface area is 365 Å². The lowest BCUT2D eigenvalue weighted by Crippen LogP contribution is -2.61. The second-order valence-corrected chi connectivity index (χ2v) is 20.0. The summed E-state index contributed by atoms with van der Waals surface area (Å²) in [7, 11) is 5.26. The molecular weight excluding hydrogens is 817 g/mol. The zero-order valence-corrected chi connectivity index (χ0v) is 39.0. The monoisotopic (exact) mass is 883 g/mol. The number of nitrogens with zero attached hydrogens (tertiary/aromatic N) is 2. The van der Waals surface area contributed by atoms with Gasteiger partial charge in [0.05, 0.1) is 45.9 Å². The Morgan fingerprint density at radius 1 is 1.02 bits per heavy atom. The summed E-state index contributed by atoms with van der Waals surface area (Å²) in [5, 5.41) is 15.3. The molecule has 60 heavy (non-hydrogen) atoms. The third-order valence-electron chi connectivity index (χ3n) is 13.6. The lowest BCUT2D eigenvalue weighted by atomic mass is 9.73. The number of Topliss-reactive ketones (excluding diaryl/α,β-unsaturated/α-hetero) is 1. The number of ketones is 1. The van der Waals surface area contributed by atoms with Crippen LogP contribution < -0.4 is 5.32 Å². The Morgan fingerprint density at radius 3 is 2.28 bits per heavy atom. The highest BCUT2D eigenvalue weighted by atomic mass is 35.5. The van der Waals surface area contributed by atoms with Gasteiger partial charge in [0, 0.05) is 37.5 Å². The molecule has 0 bridgehead atoms. The number of amides is 2. The van der Waals surface area contributed by atoms with Crippen molar-refractivity contribution in [2.24, 2.45) is 29.1 Å². The number of aliphatic hydroxyl groups excluding tert-OH is 1. The Balaban J connectivity index is 1.64. The van der Waals surface area contributed by atoms with Crippen molar-refractivity contribution in [2.45, 2.75) is 161 Å². The highest BCUT2D eigenvalue weighted by molar-refractivity contribution is 6.42. The van der Waals surface area contributed by atoms with Crippen LogP contribution in [0.5, 0.6) is 0 Å². The van der Waals surface area contributed by atoms with Crippen LogP contribution in [-0.2, 0) is 38.0 Å². The smallest absolute Gasteiger partial charge is 0.410 e. The number of alkyl carbamates (subject to hydrolysis) is 1. The van der Waals surface area contributed by atoms with Crippen LogP contribution >= 0.6 is 23.2 Å². The molecule has 1 aromatic rings. The minimum absolute atomic E-state index is 0.117. The Morgan fingerprint density at radius 2 is 1.68 bits per heavy atom. The molecule has 0 saturated carbocycles. The molecule has 16 heteroatoms. The van der Waals surface area contributed by atoms with Crippen LogP contribution in [0.1, 0.15) is 107 Å². The zero-order valence-electron chi connectivity index (χ0n) is 37.5. The molecule has 1 aromatic carbocycles. The zero-order chi connectivity index (χ0) is 44.8. The molecule has 2 N–H and O–H groups in total. The number of benzene rings is 1. The van der Waals surface area contributed by atoms with Gasteiger partial charge in [-0.1, -0.05) is 70.8 Å². The first kappa shape index (κ1) is 48.3. The van der Waals surface area contributed by atoms with Crippen LogP contribution in [0.15, 0.2) is 18.2 Å². The fourth-order valence-electron chi connectivity index (χ4n) is 10.2. The first-order chi connectivity index (χ1) is 27.9. The van der Waals surface area contributed by atoms with Gasteiger partial charge in [0.1, 0.15) is 24.1 Å². The molecule has 0 radical (unpaired) electrons. The Hall–Kier alpha value is -2.72. The van der Waals surface area contributed by atoms with Crippen molar-refractivity contribution in [3.05, 3.63) is 33.8 Å². The summed E-state index contributed by atoms with van der Waals surface area (Å²) in [6.45, 7) is 18.6. The molecule has 2 amide bonds. The normalized spacial score (nSPS) is 40.3. The molecule has 14 nitrogen and oxygen atoms in total. The summed E-state index contributed by atoms with van der Waals surface area (Å²) >= 11 is 12.8. The summed E-state index contributed by atoms with van der Waals surface area (Å²) < 4.78 is 38.2. The van der Waals surface area contributed by atoms with Gasteiger partial charge in [-0.25, -0.2) is 9.59 Å². The third kappa shape index (κ3) is 9.75. The summed E-state index contributed by atoms with van der Waals surface area (Å²) in [5.41, 5.74) is -2.24. The van der Waals surface area contributed by atoms with Gasteiger partial charge >= 0.3 is 18.2 Å². The van der Waals surface area contributed by atoms with E-state index in [1.807, 2.05) is 32.0 Å². The highest BCUT2D eigenvalue weighted by Gasteiger charge is 2.58. The molecule has 4 saturated heterocycles. The fraction of sp³-hybridized carbons (Fsp3) is 0.773. The summed E-state index contributed by atoms with van der Waals surface area (Å²) in [5.74, 6) is -4.26. The van der Waals surface area contributed by atoms with Crippen LogP contribution in [0.4, 0.5) is 9.59 Å². The van der Waals surface area contributed by atoms with E-state index >= 15 is 0 Å². The van der Waals surface area contributed by atoms with E-state index in [1.165, 1.54) is 7.11 Å². The van der Waals surface area contributed by atoms with E-state index in [-0.39, 0.29) is 36.2 Å². The summed E-state index contributed by atoms with van der Waals surface area (Å²) in [6.07, 6.45) is -5.65. The van der Waals surface area contributed by atoms with E-state index < -0.39 is 95.8 Å². The maximum atomic E-state index is 14.8. The molecule has 338 valence electrons. The first-order valence-electron chi connectivity index (χ1n) is 21.2. The van der Waals surface area contributed by atoms with E-state index in [0.29, 0.717) is 29.4 Å². The molecular formula is C44H67Cl2N3O11. The fourth-order valence-corrected chi connectivity index (χ4v) is 10.5. The number of cyclic esters (lactones) is 1. The standard InChI is InChI=1S/C44H67Cl2N3O11/c1-14-32-44(10)36(47-40(53)60-44)24(4)33(50)22(2)19-43(9,55-13)37(59-39-34(51)30(48(11)12)17-23(3)56-39)25(5)35(26(6)38(52)57-32)58-41(54)49-21-42(7,8)20-31(49)27-15-16-28(45)29(46)18-27/h15-16,18,22-26,30-32,34-37,39,51H,14,17,19-21H2,1-13H3,(H,47,53)/t22-,23-,24+,25+,26-,30+,31-,32-,34-,35+,36-,37-,39+,43-,44-/m1/s1. The molecule has 0 spiro atoms. The number of hydrogen-bond acceptors (Lipinski definition) is 12. The van der Waals surface area contributed by atoms with Gasteiger partial charge in [-0.2, -0.15) is 0 Å². The van der Waals surface area contributed by atoms with E-state index in [9.17, 15) is 24.3 Å². The minimum atomic E-state index is -1.41. The Kier molecular flexibility index (Phi) is 14.9. The van der Waals surface area contributed by atoms with Gasteiger partial charge < -0.3 is 48.6 Å². The predicted octanol–water partition coefficient (Wildman–Crippen LogP) is 7.19. The predicted molar refractivity (Wildman–Crippen MR) is 226 cm³/mol. The van der Waals surface area contributed by atoms with E-state index in [1.54, 1.807) is 65.5 Å². The van der Waals surface area contributed by atoms with Gasteiger partial charge in [0.15, 0.2) is 11.9 Å². The van der Waals surface area contributed by atoms with Gasteiger partial charge in [0.2, 0.25) is 0 Å². The van der Waals surface area contributed by atoms with Gasteiger partial charge in [-0.3, -0.25) is 9.59 Å². The number of hydrogen-bond donors (Lipinski definition) is 2. The topological polar surface area (TPSA) is 162 Å². The number of rotatable bonds is 7. The van der Waals surface area contributed by atoms with Crippen LogP contribution in [0.3, 0.4) is 0 Å². The van der Waals surface area contributed by atoms with Crippen molar-refractivity contribution in [3.8, 4) is 0 Å². The van der Waals surface area contributed by atoms with E-state index in [2.05, 4.69) is 19.2 Å². The van der Waals surface area contributed by atoms with E-state index in [0.717, 1.165) is 5.56 Å². The van der Waals surface area contributed by atoms with Crippen molar-refractivity contribution in [3.63, 3.8) is 0 Å². The molecule has 4 fully saturated rings. The molecule has 0 aromatic heterocycles. The number of methoxy groups -OCH3 is 1. The van der Waals surface area contributed by atoms with Crippen LogP contribution in [0, 0.1) is 29.1 Å². The highest BCUT2D eigenvalue weighted by Crippen LogP contribution is 2.46. The largest absolute Gasteiger partial charge is 0.458 e. The maximum absolute atomic E-state index is 14.8. The van der Waals surface area contributed by atoms with E-state index in [4.69, 9.17) is 51.6 Å². The number of aliphatic hydroxyl groups is 1. The molecule has 0 unspecified atom stereocenters. The molecule has 4 aliphatic rings. The number of likely N-dealkylation sites (N-methyl/N-ethyl adjacent to an activating group) is 1. The van der Waals surface area contributed by atoms with Crippen LogP contribution in [0.2, 0.25) is 10.0 Å². The number of halogens is 2. The first-order valence-corrected chi connectivity index (χ1v) is 22.0. The van der Waals surface area contributed by atoms with Gasteiger partial charge in [-0.05, 0) is 90.6 Å². The molecule has 4 aliphatic heterocycles. The lowest BCUT2D eigenvalue weighted by molar-refractivity contribution is -0.301. The van der Waals surface area contributed by atoms with Crippen LogP contribution in [0.25, 0.3) is 0 Å². The van der Waals surface area contributed by atoms with Crippen LogP contribution in [-0.4, -0.2) is 127 Å². The van der Waals surface area contributed by atoms with Gasteiger partial charge in [-0.15, -0.1) is 0 Å². The van der Waals surface area contributed by atoms with Crippen molar-refractivity contribution in [1.29, 1.82) is 0 Å². The second-order valence-electron chi connectivity index (χ2n) is 19.2. The lowest BCUT2D eigenvalue weighted by Gasteiger charge is -2.48. The maximum Gasteiger partial charge on any atom is 0.410 e.